The molecular weight excluding hydrogens is 536 g/mol. The second kappa shape index (κ2) is 10.6. The van der Waals surface area contributed by atoms with Crippen molar-refractivity contribution in [1.29, 1.82) is 5.26 Å². The van der Waals surface area contributed by atoms with Crippen LogP contribution in [0, 0.1) is 21.4 Å². The maximum atomic E-state index is 13.5. The van der Waals surface area contributed by atoms with Crippen molar-refractivity contribution >= 4 is 50.9 Å². The molecule has 35 heavy (non-hydrogen) atoms. The second-order valence-corrected chi connectivity index (χ2v) is 9.55. The number of hydrogen-bond acceptors (Lipinski definition) is 7. The first-order valence-corrected chi connectivity index (χ1v) is 12.0. The first-order chi connectivity index (χ1) is 16.9. The first-order valence-electron chi connectivity index (χ1n) is 10.3. The smallest absolute Gasteiger partial charge is 0.269 e. The highest BCUT2D eigenvalue weighted by Gasteiger charge is 2.41. The molecule has 2 amide bonds. The molecule has 0 aliphatic carbocycles. The standard InChI is InChI=1S/C24H17BrN4O5S/c25-16-6-8-17(9-7-16)28-23(31)21(12-15-3-1-4-18(11-15)29(32)33)35-24(28)20(13-26)22(30)27-14-19-5-2-10-34-19/h1-11,21H,12,14H2,(H,27,30)/b24-20-. The van der Waals surface area contributed by atoms with Crippen LogP contribution < -0.4 is 10.2 Å². The van der Waals surface area contributed by atoms with E-state index in [1.54, 1.807) is 48.5 Å². The molecule has 4 rings (SSSR count). The minimum absolute atomic E-state index is 0.0755. The Morgan fingerprint density at radius 2 is 2.00 bits per heavy atom. The normalized spacial score (nSPS) is 16.6. The Bertz CT molecular complexity index is 1350. The monoisotopic (exact) mass is 552 g/mol. The average molecular weight is 553 g/mol. The Morgan fingerprint density at radius 3 is 2.66 bits per heavy atom. The predicted molar refractivity (Wildman–Crippen MR) is 133 cm³/mol. The summed E-state index contributed by atoms with van der Waals surface area (Å²) in [5.41, 5.74) is 0.810. The summed E-state index contributed by atoms with van der Waals surface area (Å²) < 4.78 is 6.02. The minimum atomic E-state index is -0.683. The van der Waals surface area contributed by atoms with E-state index in [1.807, 2.05) is 6.07 Å². The number of anilines is 1. The number of nitro groups is 1. The number of halogens is 1. The number of thioether (sulfide) groups is 1. The highest BCUT2D eigenvalue weighted by atomic mass is 79.9. The Balaban J connectivity index is 1.68. The maximum absolute atomic E-state index is 13.5. The van der Waals surface area contributed by atoms with Crippen molar-refractivity contribution in [2.24, 2.45) is 0 Å². The Kier molecular flexibility index (Phi) is 7.33. The molecule has 1 aliphatic heterocycles. The molecule has 176 valence electrons. The summed E-state index contributed by atoms with van der Waals surface area (Å²) in [7, 11) is 0. The molecular formula is C24H17BrN4O5S. The first kappa shape index (κ1) is 24.3. The average Bonchev–Trinajstić information content (AvgIpc) is 3.48. The van der Waals surface area contributed by atoms with Crippen LogP contribution in [0.25, 0.3) is 0 Å². The lowest BCUT2D eigenvalue weighted by atomic mass is 10.1. The summed E-state index contributed by atoms with van der Waals surface area (Å²) in [4.78, 5) is 38.4. The third-order valence-electron chi connectivity index (χ3n) is 5.14. The lowest BCUT2D eigenvalue weighted by molar-refractivity contribution is -0.384. The number of hydrogen-bond donors (Lipinski definition) is 1. The molecule has 1 atom stereocenters. The number of nitrogens with one attached hydrogen (secondary N) is 1. The van der Waals surface area contributed by atoms with E-state index in [-0.39, 0.29) is 35.2 Å². The summed E-state index contributed by atoms with van der Waals surface area (Å²) in [5.74, 6) is -0.452. The van der Waals surface area contributed by atoms with E-state index in [0.717, 1.165) is 16.2 Å². The van der Waals surface area contributed by atoms with Gasteiger partial charge < -0.3 is 9.73 Å². The van der Waals surface area contributed by atoms with Gasteiger partial charge in [-0.15, -0.1) is 0 Å². The lowest BCUT2D eigenvalue weighted by Gasteiger charge is -2.18. The van der Waals surface area contributed by atoms with Crippen molar-refractivity contribution in [2.75, 3.05) is 4.90 Å². The summed E-state index contributed by atoms with van der Waals surface area (Å²) in [6.07, 6.45) is 1.67. The Morgan fingerprint density at radius 1 is 1.23 bits per heavy atom. The number of rotatable bonds is 7. The van der Waals surface area contributed by atoms with Gasteiger partial charge in [0, 0.05) is 22.3 Å². The van der Waals surface area contributed by atoms with E-state index in [1.165, 1.54) is 23.3 Å². The largest absolute Gasteiger partial charge is 0.467 e. The predicted octanol–water partition coefficient (Wildman–Crippen LogP) is 4.69. The fraction of sp³-hybridized carbons (Fsp3) is 0.125. The molecule has 2 aromatic carbocycles. The van der Waals surface area contributed by atoms with Gasteiger partial charge in [0.1, 0.15) is 22.4 Å². The van der Waals surface area contributed by atoms with Crippen molar-refractivity contribution < 1.29 is 18.9 Å². The van der Waals surface area contributed by atoms with E-state index in [4.69, 9.17) is 4.42 Å². The highest BCUT2D eigenvalue weighted by molar-refractivity contribution is 9.10. The van der Waals surface area contributed by atoms with Crippen molar-refractivity contribution in [3.05, 3.63) is 103 Å². The van der Waals surface area contributed by atoms with E-state index < -0.39 is 16.1 Å². The summed E-state index contributed by atoms with van der Waals surface area (Å²) in [6, 6.07) is 18.3. The molecule has 11 heteroatoms. The number of amides is 2. The van der Waals surface area contributed by atoms with Crippen LogP contribution in [-0.4, -0.2) is 22.0 Å². The molecule has 3 aromatic rings. The number of benzene rings is 2. The van der Waals surface area contributed by atoms with Gasteiger partial charge in [-0.05, 0) is 48.4 Å². The number of nitriles is 1. The molecule has 0 spiro atoms. The number of furan rings is 1. The van der Waals surface area contributed by atoms with Gasteiger partial charge in [-0.3, -0.25) is 24.6 Å². The molecule has 0 radical (unpaired) electrons. The zero-order chi connectivity index (χ0) is 24.9. The summed E-state index contributed by atoms with van der Waals surface area (Å²) >= 11 is 4.45. The molecule has 1 unspecified atom stereocenters. The lowest BCUT2D eigenvalue weighted by Crippen LogP contribution is -2.32. The molecule has 0 saturated carbocycles. The van der Waals surface area contributed by atoms with Gasteiger partial charge in [-0.1, -0.05) is 39.8 Å². The molecule has 1 aromatic heterocycles. The number of carbonyl (C=O) groups is 2. The fourth-order valence-corrected chi connectivity index (χ4v) is 5.06. The van der Waals surface area contributed by atoms with E-state index in [2.05, 4.69) is 21.2 Å². The van der Waals surface area contributed by atoms with Gasteiger partial charge in [0.2, 0.25) is 5.91 Å². The number of carbonyl (C=O) groups excluding carboxylic acids is 2. The zero-order valence-electron chi connectivity index (χ0n) is 18.0. The summed E-state index contributed by atoms with van der Waals surface area (Å²) in [6.45, 7) is 0.0816. The molecule has 9 nitrogen and oxygen atoms in total. The molecule has 1 N–H and O–H groups in total. The quantitative estimate of drug-likeness (QED) is 0.194. The van der Waals surface area contributed by atoms with Crippen LogP contribution >= 0.6 is 27.7 Å². The van der Waals surface area contributed by atoms with Gasteiger partial charge in [-0.25, -0.2) is 0 Å². The van der Waals surface area contributed by atoms with Crippen LogP contribution in [0.5, 0.6) is 0 Å². The molecule has 1 fully saturated rings. The van der Waals surface area contributed by atoms with Crippen LogP contribution in [0.1, 0.15) is 11.3 Å². The molecule has 0 bridgehead atoms. The Hall–Kier alpha value is -3.88. The number of non-ortho nitro benzene ring substituents is 1. The van der Waals surface area contributed by atoms with Crippen LogP contribution in [0.4, 0.5) is 11.4 Å². The zero-order valence-corrected chi connectivity index (χ0v) is 20.4. The number of nitro benzene ring substituents is 1. The maximum Gasteiger partial charge on any atom is 0.269 e. The van der Waals surface area contributed by atoms with Crippen LogP contribution in [0.3, 0.4) is 0 Å². The number of nitrogens with zero attached hydrogens (tertiary/aromatic N) is 3. The SMILES string of the molecule is N#C/C(C(=O)NCc1ccco1)=C1/SC(Cc2cccc([N+](=O)[O-])c2)C(=O)N1c1ccc(Br)cc1. The summed E-state index contributed by atoms with van der Waals surface area (Å²) in [5, 5.41) is 23.2. The highest BCUT2D eigenvalue weighted by Crippen LogP contribution is 2.42. The molecule has 1 aliphatic rings. The van der Waals surface area contributed by atoms with Gasteiger partial charge in [0.05, 0.1) is 23.0 Å². The van der Waals surface area contributed by atoms with Gasteiger partial charge >= 0.3 is 0 Å². The van der Waals surface area contributed by atoms with E-state index in [0.29, 0.717) is 17.0 Å². The fourth-order valence-electron chi connectivity index (χ4n) is 3.49. The van der Waals surface area contributed by atoms with Gasteiger partial charge in [0.25, 0.3) is 11.6 Å². The third kappa shape index (κ3) is 5.45. The van der Waals surface area contributed by atoms with Gasteiger partial charge in [0.15, 0.2) is 0 Å². The van der Waals surface area contributed by atoms with E-state index in [9.17, 15) is 25.0 Å². The van der Waals surface area contributed by atoms with Crippen LogP contribution in [-0.2, 0) is 22.6 Å². The van der Waals surface area contributed by atoms with Gasteiger partial charge in [-0.2, -0.15) is 5.26 Å². The van der Waals surface area contributed by atoms with Crippen LogP contribution in [0.2, 0.25) is 0 Å². The van der Waals surface area contributed by atoms with Crippen molar-refractivity contribution in [3.8, 4) is 6.07 Å². The third-order valence-corrected chi connectivity index (χ3v) is 6.93. The van der Waals surface area contributed by atoms with Crippen molar-refractivity contribution in [2.45, 2.75) is 18.2 Å². The van der Waals surface area contributed by atoms with Crippen molar-refractivity contribution in [3.63, 3.8) is 0 Å². The minimum Gasteiger partial charge on any atom is -0.467 e. The second-order valence-electron chi connectivity index (χ2n) is 7.44. The molecule has 1 saturated heterocycles. The Labute approximate surface area is 212 Å². The molecule has 2 heterocycles. The topological polar surface area (TPSA) is 129 Å². The van der Waals surface area contributed by atoms with Crippen molar-refractivity contribution in [1.82, 2.24) is 5.32 Å². The van der Waals surface area contributed by atoms with Crippen LogP contribution in [0.15, 0.2) is 86.4 Å². The van der Waals surface area contributed by atoms with E-state index >= 15 is 0 Å².